The van der Waals surface area contributed by atoms with Crippen LogP contribution in [0.3, 0.4) is 0 Å². The number of imide groups is 1. The minimum absolute atomic E-state index is 0.221. The van der Waals surface area contributed by atoms with Gasteiger partial charge in [0.1, 0.15) is 0 Å². The van der Waals surface area contributed by atoms with E-state index in [-0.39, 0.29) is 18.5 Å². The topological polar surface area (TPSA) is 61.4 Å². The van der Waals surface area contributed by atoms with E-state index in [9.17, 15) is 9.59 Å². The summed E-state index contributed by atoms with van der Waals surface area (Å²) in [5, 5.41) is 4.99. The van der Waals surface area contributed by atoms with Crippen LogP contribution in [0.2, 0.25) is 0 Å². The fourth-order valence-electron chi connectivity index (χ4n) is 2.78. The lowest BCUT2D eigenvalue weighted by atomic mass is 10.1. The summed E-state index contributed by atoms with van der Waals surface area (Å²) in [5.74, 6) is -0.268. The molecule has 0 aromatic heterocycles. The maximum absolute atomic E-state index is 11.9. The molecule has 1 aliphatic rings. The Balaban J connectivity index is 1.86. The minimum atomic E-state index is -0.415. The van der Waals surface area contributed by atoms with E-state index in [2.05, 4.69) is 22.8 Å². The molecule has 0 fully saturated rings. The summed E-state index contributed by atoms with van der Waals surface area (Å²) in [7, 11) is 1.93. The number of hydrogen-bond acceptors (Lipinski definition) is 3. The number of carbonyl (C=O) groups is 2. The second-order valence-electron chi connectivity index (χ2n) is 5.47. The van der Waals surface area contributed by atoms with E-state index in [1.807, 2.05) is 31.0 Å². The highest BCUT2D eigenvalue weighted by molar-refractivity contribution is 5.95. The number of hydrogen-bond donors (Lipinski definition) is 2. The fraction of sp³-hybridized carbons (Fsp3) is 0.500. The minimum Gasteiger partial charge on any atom is -0.338 e. The molecule has 5 nitrogen and oxygen atoms in total. The van der Waals surface area contributed by atoms with Gasteiger partial charge in [-0.15, -0.1) is 0 Å². The van der Waals surface area contributed by atoms with Crippen LogP contribution in [0.25, 0.3) is 0 Å². The van der Waals surface area contributed by atoms with Crippen LogP contribution in [-0.2, 0) is 11.2 Å². The van der Waals surface area contributed by atoms with Crippen LogP contribution in [-0.4, -0.2) is 37.0 Å². The Morgan fingerprint density at radius 1 is 1.33 bits per heavy atom. The van der Waals surface area contributed by atoms with Gasteiger partial charge in [0.2, 0.25) is 5.91 Å². The van der Waals surface area contributed by atoms with Gasteiger partial charge in [-0.3, -0.25) is 15.0 Å². The lowest BCUT2D eigenvalue weighted by Crippen LogP contribution is -2.44. The SMILES string of the molecule is CCCNC(=O)NC(=O)CN(C)C1CCc2ccccc21. The molecule has 3 amide bonds. The molecule has 21 heavy (non-hydrogen) atoms. The lowest BCUT2D eigenvalue weighted by molar-refractivity contribution is -0.121. The third-order valence-electron chi connectivity index (χ3n) is 3.81. The molecule has 0 saturated heterocycles. The molecule has 2 rings (SSSR count). The third kappa shape index (κ3) is 4.04. The third-order valence-corrected chi connectivity index (χ3v) is 3.81. The zero-order valence-electron chi connectivity index (χ0n) is 12.7. The zero-order valence-corrected chi connectivity index (χ0v) is 12.7. The molecule has 0 aliphatic heterocycles. The summed E-state index contributed by atoms with van der Waals surface area (Å²) < 4.78 is 0. The van der Waals surface area contributed by atoms with Crippen molar-refractivity contribution in [2.24, 2.45) is 0 Å². The molecule has 0 spiro atoms. The number of benzene rings is 1. The summed E-state index contributed by atoms with van der Waals surface area (Å²) in [6.45, 7) is 2.76. The number of likely N-dealkylation sites (N-methyl/N-ethyl adjacent to an activating group) is 1. The number of carbonyl (C=O) groups excluding carboxylic acids is 2. The van der Waals surface area contributed by atoms with Gasteiger partial charge < -0.3 is 5.32 Å². The lowest BCUT2D eigenvalue weighted by Gasteiger charge is -2.24. The van der Waals surface area contributed by atoms with Crippen molar-refractivity contribution in [2.75, 3.05) is 20.1 Å². The molecule has 2 N–H and O–H groups in total. The molecule has 5 heteroatoms. The Morgan fingerprint density at radius 2 is 2.10 bits per heavy atom. The van der Waals surface area contributed by atoms with Gasteiger partial charge in [0.25, 0.3) is 0 Å². The summed E-state index contributed by atoms with van der Waals surface area (Å²) in [6, 6.07) is 8.18. The van der Waals surface area contributed by atoms with E-state index >= 15 is 0 Å². The molecular weight excluding hydrogens is 266 g/mol. The van der Waals surface area contributed by atoms with E-state index in [0.29, 0.717) is 6.54 Å². The van der Waals surface area contributed by atoms with Crippen molar-refractivity contribution in [1.82, 2.24) is 15.5 Å². The van der Waals surface area contributed by atoms with Gasteiger partial charge in [0, 0.05) is 12.6 Å². The van der Waals surface area contributed by atoms with Crippen LogP contribution in [0.4, 0.5) is 4.79 Å². The number of nitrogens with one attached hydrogen (secondary N) is 2. The quantitative estimate of drug-likeness (QED) is 0.869. The summed E-state index contributed by atoms with van der Waals surface area (Å²) in [4.78, 5) is 25.3. The van der Waals surface area contributed by atoms with Crippen molar-refractivity contribution < 1.29 is 9.59 Å². The number of aryl methyl sites for hydroxylation is 1. The van der Waals surface area contributed by atoms with Crippen molar-refractivity contribution in [1.29, 1.82) is 0 Å². The molecule has 1 unspecified atom stereocenters. The van der Waals surface area contributed by atoms with Crippen molar-refractivity contribution >= 4 is 11.9 Å². The second-order valence-corrected chi connectivity index (χ2v) is 5.47. The first-order chi connectivity index (χ1) is 10.1. The predicted octanol–water partition coefficient (Wildman–Crippen LogP) is 1.84. The Hall–Kier alpha value is -1.88. The van der Waals surface area contributed by atoms with Crippen molar-refractivity contribution in [2.45, 2.75) is 32.2 Å². The first kappa shape index (κ1) is 15.5. The van der Waals surface area contributed by atoms with Gasteiger partial charge in [-0.05, 0) is 37.4 Å². The number of rotatable bonds is 5. The summed E-state index contributed by atoms with van der Waals surface area (Å²) in [6.07, 6.45) is 2.91. The Bertz CT molecular complexity index is 516. The molecule has 1 aromatic rings. The standard InChI is InChI=1S/C16H23N3O2/c1-3-10-17-16(21)18-15(20)11-19(2)14-9-8-12-6-4-5-7-13(12)14/h4-7,14H,3,8-11H2,1-2H3,(H2,17,18,20,21). The molecule has 1 aliphatic carbocycles. The van der Waals surface area contributed by atoms with Crippen LogP contribution in [0.15, 0.2) is 24.3 Å². The van der Waals surface area contributed by atoms with Crippen LogP contribution in [0.5, 0.6) is 0 Å². The van der Waals surface area contributed by atoms with E-state index in [1.54, 1.807) is 0 Å². The normalized spacial score (nSPS) is 16.6. The van der Waals surface area contributed by atoms with Gasteiger partial charge in [0.05, 0.1) is 6.54 Å². The summed E-state index contributed by atoms with van der Waals surface area (Å²) >= 11 is 0. The number of amides is 3. The maximum atomic E-state index is 11.9. The van der Waals surface area contributed by atoms with E-state index < -0.39 is 6.03 Å². The highest BCUT2D eigenvalue weighted by Gasteiger charge is 2.26. The zero-order chi connectivity index (χ0) is 15.2. The first-order valence-electron chi connectivity index (χ1n) is 7.47. The maximum Gasteiger partial charge on any atom is 0.321 e. The van der Waals surface area contributed by atoms with Crippen LogP contribution in [0.1, 0.15) is 36.9 Å². The molecular formula is C16H23N3O2. The Morgan fingerprint density at radius 3 is 2.86 bits per heavy atom. The van der Waals surface area contributed by atoms with Crippen LogP contribution >= 0.6 is 0 Å². The predicted molar refractivity (Wildman–Crippen MR) is 82.0 cm³/mol. The first-order valence-corrected chi connectivity index (χ1v) is 7.47. The smallest absolute Gasteiger partial charge is 0.321 e. The van der Waals surface area contributed by atoms with Crippen molar-refractivity contribution in [3.63, 3.8) is 0 Å². The van der Waals surface area contributed by atoms with Crippen molar-refractivity contribution in [3.05, 3.63) is 35.4 Å². The Labute approximate surface area is 125 Å². The molecule has 0 bridgehead atoms. The highest BCUT2D eigenvalue weighted by atomic mass is 16.2. The van der Waals surface area contributed by atoms with Gasteiger partial charge in [-0.2, -0.15) is 0 Å². The molecule has 0 saturated carbocycles. The molecule has 0 radical (unpaired) electrons. The average molecular weight is 289 g/mol. The van der Waals surface area contributed by atoms with Crippen LogP contribution < -0.4 is 10.6 Å². The second kappa shape index (κ2) is 7.22. The molecule has 114 valence electrons. The van der Waals surface area contributed by atoms with Gasteiger partial charge in [0.15, 0.2) is 0 Å². The van der Waals surface area contributed by atoms with E-state index in [1.165, 1.54) is 11.1 Å². The largest absolute Gasteiger partial charge is 0.338 e. The highest BCUT2D eigenvalue weighted by Crippen LogP contribution is 2.34. The summed E-state index contributed by atoms with van der Waals surface area (Å²) in [5.41, 5.74) is 2.65. The van der Waals surface area contributed by atoms with E-state index in [0.717, 1.165) is 19.3 Å². The average Bonchev–Trinajstić information content (AvgIpc) is 2.88. The number of nitrogens with zero attached hydrogens (tertiary/aromatic N) is 1. The van der Waals surface area contributed by atoms with Gasteiger partial charge >= 0.3 is 6.03 Å². The van der Waals surface area contributed by atoms with Gasteiger partial charge in [-0.1, -0.05) is 31.2 Å². The van der Waals surface area contributed by atoms with Crippen LogP contribution in [0, 0.1) is 0 Å². The van der Waals surface area contributed by atoms with Gasteiger partial charge in [-0.25, -0.2) is 4.79 Å². The number of urea groups is 1. The van der Waals surface area contributed by atoms with Crippen molar-refractivity contribution in [3.8, 4) is 0 Å². The number of fused-ring (bicyclic) bond motifs is 1. The van der Waals surface area contributed by atoms with E-state index in [4.69, 9.17) is 0 Å². The Kier molecular flexibility index (Phi) is 5.33. The molecule has 1 atom stereocenters. The fourth-order valence-corrected chi connectivity index (χ4v) is 2.78. The molecule has 1 aromatic carbocycles. The molecule has 0 heterocycles. The monoisotopic (exact) mass is 289 g/mol.